The van der Waals surface area contributed by atoms with E-state index in [9.17, 15) is 13.2 Å². The fourth-order valence-electron chi connectivity index (χ4n) is 1.98. The summed E-state index contributed by atoms with van der Waals surface area (Å²) in [6.07, 6.45) is 0.704. The summed E-state index contributed by atoms with van der Waals surface area (Å²) >= 11 is 0.902. The maximum atomic E-state index is 11.2. The van der Waals surface area contributed by atoms with Gasteiger partial charge in [-0.15, -0.1) is 11.8 Å². The van der Waals surface area contributed by atoms with Crippen molar-refractivity contribution in [3.8, 4) is 0 Å². The number of hydrogen-bond acceptors (Lipinski definition) is 5. The van der Waals surface area contributed by atoms with Crippen molar-refractivity contribution in [3.05, 3.63) is 35.9 Å². The molecule has 18 heavy (non-hydrogen) atoms. The van der Waals surface area contributed by atoms with Crippen LogP contribution in [0.3, 0.4) is 0 Å². The van der Waals surface area contributed by atoms with Gasteiger partial charge in [0, 0.05) is 0 Å². The summed E-state index contributed by atoms with van der Waals surface area (Å²) in [5.41, 5.74) is -0.00512. The molecule has 5 nitrogen and oxygen atoms in total. The smallest absolute Gasteiger partial charge is 0.290 e. The molecule has 7 heteroatoms. The van der Waals surface area contributed by atoms with Crippen molar-refractivity contribution < 1.29 is 17.8 Å². The second-order valence-electron chi connectivity index (χ2n) is 4.25. The Morgan fingerprint density at radius 2 is 2.00 bits per heavy atom. The van der Waals surface area contributed by atoms with Crippen LogP contribution < -0.4 is 5.32 Å². The van der Waals surface area contributed by atoms with Gasteiger partial charge < -0.3 is 4.79 Å². The number of aldehydes is 1. The fraction of sp³-hybridized carbons (Fsp3) is 0.364. The molecule has 0 amide bonds. The molecule has 1 fully saturated rings. The van der Waals surface area contributed by atoms with Crippen molar-refractivity contribution in [1.82, 2.24) is 5.32 Å². The van der Waals surface area contributed by atoms with Crippen molar-refractivity contribution >= 4 is 28.2 Å². The molecule has 2 rings (SSSR count). The highest BCUT2D eigenvalue weighted by Crippen LogP contribution is 2.41. The molecule has 1 aliphatic heterocycles. The number of nitrogens with one attached hydrogen (secondary N) is 1. The molecule has 2 N–H and O–H groups in total. The Morgan fingerprint density at radius 3 is 2.50 bits per heavy atom. The van der Waals surface area contributed by atoms with Crippen molar-refractivity contribution in [2.45, 2.75) is 22.4 Å². The molecule has 98 valence electrons. The minimum absolute atomic E-state index is 0.577. The van der Waals surface area contributed by atoms with E-state index in [1.54, 1.807) is 6.92 Å². The van der Waals surface area contributed by atoms with E-state index in [-0.39, 0.29) is 0 Å². The van der Waals surface area contributed by atoms with Gasteiger partial charge in [-0.1, -0.05) is 30.3 Å². The first-order valence-corrected chi connectivity index (χ1v) is 7.73. The van der Waals surface area contributed by atoms with E-state index >= 15 is 0 Å². The third kappa shape index (κ3) is 2.31. The SMILES string of the molecule is CC1(c2ccccc2)NC(S(=O)(=O)O)SC1C=O. The fourth-order valence-corrected chi connectivity index (χ4v) is 4.41. The van der Waals surface area contributed by atoms with Gasteiger partial charge in [0.1, 0.15) is 6.29 Å². The Hall–Kier alpha value is -0.890. The Balaban J connectivity index is 2.41. The van der Waals surface area contributed by atoms with Gasteiger partial charge in [0.05, 0.1) is 10.8 Å². The minimum atomic E-state index is -4.23. The van der Waals surface area contributed by atoms with Crippen LogP contribution in [0.15, 0.2) is 30.3 Å². The molecule has 0 radical (unpaired) electrons. The molecule has 0 aromatic heterocycles. The van der Waals surface area contributed by atoms with E-state index in [4.69, 9.17) is 4.55 Å². The van der Waals surface area contributed by atoms with Gasteiger partial charge in [-0.2, -0.15) is 8.42 Å². The quantitative estimate of drug-likeness (QED) is 0.637. The summed E-state index contributed by atoms with van der Waals surface area (Å²) in [6.45, 7) is 1.75. The lowest BCUT2D eigenvalue weighted by Gasteiger charge is -2.28. The van der Waals surface area contributed by atoms with E-state index in [0.29, 0.717) is 6.29 Å². The molecule has 1 aromatic carbocycles. The van der Waals surface area contributed by atoms with Gasteiger partial charge in [-0.05, 0) is 12.5 Å². The standard InChI is InChI=1S/C11H13NO4S2/c1-11(8-5-3-2-4-6-8)9(7-13)17-10(12-11)18(14,15)16/h2-7,9-10,12H,1H3,(H,14,15,16). The van der Waals surface area contributed by atoms with Crippen LogP contribution in [0.5, 0.6) is 0 Å². The average Bonchev–Trinajstić information content (AvgIpc) is 2.69. The average molecular weight is 287 g/mol. The van der Waals surface area contributed by atoms with Crippen LogP contribution in [0.25, 0.3) is 0 Å². The predicted octanol–water partition coefficient (Wildman–Crippen LogP) is 0.977. The lowest BCUT2D eigenvalue weighted by atomic mass is 9.89. The van der Waals surface area contributed by atoms with Crippen LogP contribution in [-0.2, 0) is 20.5 Å². The molecule has 1 saturated heterocycles. The van der Waals surface area contributed by atoms with Gasteiger partial charge in [0.25, 0.3) is 10.1 Å². The predicted molar refractivity (Wildman–Crippen MR) is 69.7 cm³/mol. The molecule has 1 aliphatic rings. The second-order valence-corrected chi connectivity index (χ2v) is 7.30. The molecule has 0 aliphatic carbocycles. The first-order valence-electron chi connectivity index (χ1n) is 5.28. The summed E-state index contributed by atoms with van der Waals surface area (Å²) < 4.78 is 30.2. The molecular formula is C11H13NO4S2. The van der Waals surface area contributed by atoms with E-state index in [1.165, 1.54) is 0 Å². The molecule has 0 spiro atoms. The molecule has 1 aromatic rings. The van der Waals surface area contributed by atoms with E-state index in [2.05, 4.69) is 5.32 Å². The van der Waals surface area contributed by atoms with Crippen molar-refractivity contribution in [1.29, 1.82) is 0 Å². The Bertz CT molecular complexity index is 545. The van der Waals surface area contributed by atoms with E-state index in [1.807, 2.05) is 30.3 Å². The number of hydrogen-bond donors (Lipinski definition) is 2. The number of rotatable bonds is 3. The van der Waals surface area contributed by atoms with Gasteiger partial charge in [-0.3, -0.25) is 9.87 Å². The lowest BCUT2D eigenvalue weighted by molar-refractivity contribution is -0.108. The molecule has 3 unspecified atom stereocenters. The molecular weight excluding hydrogens is 274 g/mol. The van der Waals surface area contributed by atoms with Crippen LogP contribution in [0.2, 0.25) is 0 Å². The van der Waals surface area contributed by atoms with Crippen molar-refractivity contribution in [3.63, 3.8) is 0 Å². The number of carbonyl (C=O) groups excluding carboxylic acids is 1. The van der Waals surface area contributed by atoms with Crippen LogP contribution in [0.4, 0.5) is 0 Å². The summed E-state index contributed by atoms with van der Waals surface area (Å²) in [7, 11) is -4.23. The topological polar surface area (TPSA) is 83.5 Å². The Kier molecular flexibility index (Phi) is 3.50. The molecule has 0 bridgehead atoms. The van der Waals surface area contributed by atoms with Gasteiger partial charge >= 0.3 is 0 Å². The monoisotopic (exact) mass is 287 g/mol. The maximum Gasteiger partial charge on any atom is 0.290 e. The zero-order valence-electron chi connectivity index (χ0n) is 9.61. The van der Waals surface area contributed by atoms with Gasteiger partial charge in [-0.25, -0.2) is 0 Å². The highest BCUT2D eigenvalue weighted by molar-refractivity contribution is 8.12. The molecule has 1 heterocycles. The lowest BCUT2D eigenvalue weighted by Crippen LogP contribution is -2.45. The van der Waals surface area contributed by atoms with Crippen LogP contribution in [-0.4, -0.2) is 29.2 Å². The first kappa shape index (κ1) is 13.5. The van der Waals surface area contributed by atoms with Crippen LogP contribution in [0.1, 0.15) is 12.5 Å². The van der Waals surface area contributed by atoms with Crippen LogP contribution >= 0.6 is 11.8 Å². The summed E-state index contributed by atoms with van der Waals surface area (Å²) in [5, 5.41) is 2.24. The zero-order chi connectivity index (χ0) is 13.4. The Labute approximate surface area is 110 Å². The summed E-state index contributed by atoms with van der Waals surface area (Å²) in [6, 6.07) is 9.10. The van der Waals surface area contributed by atoms with E-state index in [0.717, 1.165) is 17.3 Å². The van der Waals surface area contributed by atoms with Crippen LogP contribution in [0, 0.1) is 0 Å². The maximum absolute atomic E-state index is 11.2. The third-order valence-corrected chi connectivity index (χ3v) is 5.99. The largest absolute Gasteiger partial charge is 0.302 e. The number of carbonyl (C=O) groups is 1. The third-order valence-electron chi connectivity index (χ3n) is 3.02. The Morgan fingerprint density at radius 1 is 1.39 bits per heavy atom. The van der Waals surface area contributed by atoms with E-state index < -0.39 is 25.6 Å². The van der Waals surface area contributed by atoms with Crippen molar-refractivity contribution in [2.24, 2.45) is 0 Å². The highest BCUT2D eigenvalue weighted by Gasteiger charge is 2.49. The number of thioether (sulfide) groups is 1. The summed E-state index contributed by atoms with van der Waals surface area (Å²) in [5.74, 6) is 0. The zero-order valence-corrected chi connectivity index (χ0v) is 11.2. The molecule has 3 atom stereocenters. The second kappa shape index (κ2) is 4.65. The highest BCUT2D eigenvalue weighted by atomic mass is 32.3. The summed E-state index contributed by atoms with van der Waals surface area (Å²) in [4.78, 5) is 11.1. The van der Waals surface area contributed by atoms with Crippen molar-refractivity contribution in [2.75, 3.05) is 0 Å². The molecule has 0 saturated carbocycles. The number of benzene rings is 1. The first-order chi connectivity index (χ1) is 8.38. The van der Waals surface area contributed by atoms with Gasteiger partial charge in [0.2, 0.25) is 0 Å². The normalized spacial score (nSPS) is 32.3. The van der Waals surface area contributed by atoms with Gasteiger partial charge in [0.15, 0.2) is 4.71 Å². The minimum Gasteiger partial charge on any atom is -0.302 e.